The van der Waals surface area contributed by atoms with Gasteiger partial charge in [-0.2, -0.15) is 5.10 Å². The zero-order chi connectivity index (χ0) is 16.9. The van der Waals surface area contributed by atoms with Gasteiger partial charge in [0, 0.05) is 20.0 Å². The number of H-pyrrole nitrogens is 1. The summed E-state index contributed by atoms with van der Waals surface area (Å²) in [5.41, 5.74) is 0. The fourth-order valence-corrected chi connectivity index (χ4v) is 2.53. The minimum absolute atomic E-state index is 0.0165. The smallest absolute Gasteiger partial charge is 0.257 e. The molecule has 0 spiro atoms. The van der Waals surface area contributed by atoms with E-state index in [-0.39, 0.29) is 12.5 Å². The summed E-state index contributed by atoms with van der Waals surface area (Å²) < 4.78 is 7.90. The average molecular weight is 342 g/mol. The number of nitrogens with zero attached hydrogens (tertiary/aromatic N) is 2. The molecule has 0 saturated heterocycles. The van der Waals surface area contributed by atoms with Gasteiger partial charge >= 0.3 is 0 Å². The van der Waals surface area contributed by atoms with Crippen molar-refractivity contribution in [3.63, 3.8) is 0 Å². The Hall–Kier alpha value is -2.67. The average Bonchev–Trinajstić information content (AvgIpc) is 2.92. The van der Waals surface area contributed by atoms with Crippen molar-refractivity contribution in [1.82, 2.24) is 20.1 Å². The van der Waals surface area contributed by atoms with Crippen LogP contribution in [0.5, 0.6) is 5.75 Å². The summed E-state index contributed by atoms with van der Waals surface area (Å²) >= 11 is 5.04. The van der Waals surface area contributed by atoms with Gasteiger partial charge < -0.3 is 14.6 Å². The van der Waals surface area contributed by atoms with Gasteiger partial charge in [0.1, 0.15) is 11.6 Å². The predicted molar refractivity (Wildman–Crippen MR) is 94.5 cm³/mol. The monoisotopic (exact) mass is 342 g/mol. The molecule has 0 aliphatic carbocycles. The number of carbonyl (C=O) groups is 1. The summed E-state index contributed by atoms with van der Waals surface area (Å²) in [6.07, 6.45) is 0.603. The van der Waals surface area contributed by atoms with Crippen molar-refractivity contribution < 1.29 is 9.53 Å². The van der Waals surface area contributed by atoms with Gasteiger partial charge in [-0.1, -0.05) is 30.3 Å². The summed E-state index contributed by atoms with van der Waals surface area (Å²) in [7, 11) is 1.84. The number of nitrogens with one attached hydrogen (secondary N) is 2. The third-order valence-corrected chi connectivity index (χ3v) is 4.10. The zero-order valence-electron chi connectivity index (χ0n) is 13.3. The Labute approximate surface area is 144 Å². The largest absolute Gasteiger partial charge is 0.484 e. The summed E-state index contributed by atoms with van der Waals surface area (Å²) in [6, 6.07) is 13.8. The molecule has 0 unspecified atom stereocenters. The van der Waals surface area contributed by atoms with Crippen LogP contribution in [0.2, 0.25) is 0 Å². The molecule has 1 amide bonds. The van der Waals surface area contributed by atoms with E-state index >= 15 is 0 Å². The molecule has 0 saturated carbocycles. The number of rotatable bonds is 6. The molecule has 0 radical (unpaired) electrons. The Balaban J connectivity index is 1.48. The van der Waals surface area contributed by atoms with Crippen molar-refractivity contribution in [2.45, 2.75) is 6.42 Å². The van der Waals surface area contributed by atoms with Crippen LogP contribution in [0.15, 0.2) is 42.5 Å². The molecular formula is C17H18N4O2S. The van der Waals surface area contributed by atoms with E-state index in [2.05, 4.69) is 15.5 Å². The molecule has 124 valence electrons. The molecule has 6 nitrogen and oxygen atoms in total. The van der Waals surface area contributed by atoms with E-state index in [0.29, 0.717) is 23.5 Å². The van der Waals surface area contributed by atoms with Crippen LogP contribution in [-0.4, -0.2) is 33.8 Å². The molecule has 0 fully saturated rings. The van der Waals surface area contributed by atoms with Crippen LogP contribution in [0.3, 0.4) is 0 Å². The highest BCUT2D eigenvalue weighted by Crippen LogP contribution is 2.20. The van der Waals surface area contributed by atoms with Gasteiger partial charge in [-0.25, -0.2) is 0 Å². The van der Waals surface area contributed by atoms with Crippen molar-refractivity contribution in [3.8, 4) is 5.75 Å². The lowest BCUT2D eigenvalue weighted by Crippen LogP contribution is -2.31. The molecule has 2 N–H and O–H groups in total. The van der Waals surface area contributed by atoms with E-state index < -0.39 is 0 Å². The normalized spacial score (nSPS) is 10.7. The van der Waals surface area contributed by atoms with Crippen LogP contribution in [-0.2, 0) is 18.3 Å². The van der Waals surface area contributed by atoms with Gasteiger partial charge in [-0.3, -0.25) is 9.89 Å². The second kappa shape index (κ2) is 7.27. The lowest BCUT2D eigenvalue weighted by molar-refractivity contribution is -0.123. The van der Waals surface area contributed by atoms with Crippen molar-refractivity contribution in [2.24, 2.45) is 7.05 Å². The number of carbonyl (C=O) groups excluding carboxylic acids is 1. The van der Waals surface area contributed by atoms with E-state index in [0.717, 1.165) is 16.6 Å². The van der Waals surface area contributed by atoms with Crippen molar-refractivity contribution in [3.05, 3.63) is 53.1 Å². The summed E-state index contributed by atoms with van der Waals surface area (Å²) in [4.78, 5) is 11.9. The van der Waals surface area contributed by atoms with Crippen LogP contribution in [0.4, 0.5) is 0 Å². The first-order valence-corrected chi connectivity index (χ1v) is 8.03. The quantitative estimate of drug-likeness (QED) is 0.675. The predicted octanol–water partition coefficient (Wildman–Crippen LogP) is 2.37. The molecule has 0 bridgehead atoms. The van der Waals surface area contributed by atoms with Crippen LogP contribution >= 0.6 is 12.2 Å². The van der Waals surface area contributed by atoms with Gasteiger partial charge in [0.05, 0.1) is 0 Å². The highest BCUT2D eigenvalue weighted by Gasteiger charge is 2.06. The molecule has 0 aliphatic rings. The first kappa shape index (κ1) is 16.2. The molecule has 1 heterocycles. The van der Waals surface area contributed by atoms with Crippen LogP contribution < -0.4 is 10.1 Å². The second-order valence-corrected chi connectivity index (χ2v) is 5.79. The van der Waals surface area contributed by atoms with Crippen LogP contribution in [0.25, 0.3) is 10.8 Å². The number of aromatic nitrogens is 3. The Morgan fingerprint density at radius 3 is 2.83 bits per heavy atom. The zero-order valence-corrected chi connectivity index (χ0v) is 14.1. The fraction of sp³-hybridized carbons (Fsp3) is 0.235. The number of benzene rings is 2. The Bertz CT molecular complexity index is 916. The third kappa shape index (κ3) is 3.80. The van der Waals surface area contributed by atoms with Gasteiger partial charge in [-0.05, 0) is 35.1 Å². The third-order valence-electron chi connectivity index (χ3n) is 3.73. The van der Waals surface area contributed by atoms with Crippen molar-refractivity contribution in [1.29, 1.82) is 0 Å². The highest BCUT2D eigenvalue weighted by molar-refractivity contribution is 7.71. The standard InChI is InChI=1S/C17H18N4O2S/c1-21-15(19-20-17(21)24)8-9-18-16(22)11-23-14-7-6-12-4-2-3-5-13(12)10-14/h2-7,10H,8-9,11H2,1H3,(H,18,22)(H,20,24). The maximum absolute atomic E-state index is 11.9. The maximum atomic E-state index is 11.9. The van der Waals surface area contributed by atoms with Gasteiger partial charge in [0.25, 0.3) is 5.91 Å². The Morgan fingerprint density at radius 2 is 2.08 bits per heavy atom. The van der Waals surface area contributed by atoms with E-state index in [1.54, 1.807) is 4.57 Å². The van der Waals surface area contributed by atoms with E-state index in [9.17, 15) is 4.79 Å². The molecule has 0 aliphatic heterocycles. The lowest BCUT2D eigenvalue weighted by atomic mass is 10.1. The SMILES string of the molecule is Cn1c(CCNC(=O)COc2ccc3ccccc3c2)n[nH]c1=S. The van der Waals surface area contributed by atoms with E-state index in [4.69, 9.17) is 17.0 Å². The van der Waals surface area contributed by atoms with Gasteiger partial charge in [0.2, 0.25) is 0 Å². The molecule has 3 rings (SSSR count). The number of amides is 1. The van der Waals surface area contributed by atoms with Crippen molar-refractivity contribution in [2.75, 3.05) is 13.2 Å². The van der Waals surface area contributed by atoms with Crippen LogP contribution in [0.1, 0.15) is 5.82 Å². The highest BCUT2D eigenvalue weighted by atomic mass is 32.1. The topological polar surface area (TPSA) is 71.9 Å². The first-order chi connectivity index (χ1) is 11.6. The van der Waals surface area contributed by atoms with E-state index in [1.165, 1.54) is 0 Å². The van der Waals surface area contributed by atoms with E-state index in [1.807, 2.05) is 49.5 Å². The molecule has 24 heavy (non-hydrogen) atoms. The number of fused-ring (bicyclic) bond motifs is 1. The Kier molecular flexibility index (Phi) is 4.90. The number of hydrogen-bond acceptors (Lipinski definition) is 4. The Morgan fingerprint density at radius 1 is 1.29 bits per heavy atom. The number of aromatic amines is 1. The first-order valence-electron chi connectivity index (χ1n) is 7.62. The molecule has 0 atom stereocenters. The van der Waals surface area contributed by atoms with Crippen LogP contribution in [0, 0.1) is 4.77 Å². The minimum Gasteiger partial charge on any atom is -0.484 e. The minimum atomic E-state index is -0.167. The molecular weight excluding hydrogens is 324 g/mol. The molecule has 7 heteroatoms. The lowest BCUT2D eigenvalue weighted by Gasteiger charge is -2.08. The molecule has 2 aromatic carbocycles. The second-order valence-electron chi connectivity index (χ2n) is 5.40. The number of hydrogen-bond donors (Lipinski definition) is 2. The van der Waals surface area contributed by atoms with Gasteiger partial charge in [-0.15, -0.1) is 0 Å². The maximum Gasteiger partial charge on any atom is 0.257 e. The van der Waals surface area contributed by atoms with Gasteiger partial charge in [0.15, 0.2) is 11.4 Å². The number of ether oxygens (including phenoxy) is 1. The molecule has 3 aromatic rings. The summed E-state index contributed by atoms with van der Waals surface area (Å²) in [6.45, 7) is 0.463. The summed E-state index contributed by atoms with van der Waals surface area (Å²) in [5.74, 6) is 1.31. The van der Waals surface area contributed by atoms with Crippen molar-refractivity contribution >= 4 is 28.9 Å². The summed E-state index contributed by atoms with van der Waals surface area (Å²) in [5, 5.41) is 11.8. The molecule has 1 aromatic heterocycles. The fourth-order valence-electron chi connectivity index (χ4n) is 2.37.